The summed E-state index contributed by atoms with van der Waals surface area (Å²) in [5, 5.41) is 8.54. The van der Waals surface area contributed by atoms with Crippen molar-refractivity contribution >= 4 is 0 Å². The van der Waals surface area contributed by atoms with Gasteiger partial charge in [-0.3, -0.25) is 0 Å². The van der Waals surface area contributed by atoms with E-state index >= 15 is 0 Å². The van der Waals surface area contributed by atoms with Crippen molar-refractivity contribution in [2.24, 2.45) is 0 Å². The summed E-state index contributed by atoms with van der Waals surface area (Å²) in [5.41, 5.74) is 0. The highest BCUT2D eigenvalue weighted by Crippen LogP contribution is 2.15. The third-order valence-electron chi connectivity index (χ3n) is 5.33. The van der Waals surface area contributed by atoms with E-state index in [1.807, 2.05) is 6.08 Å². The molecular formula is C24H48O. The van der Waals surface area contributed by atoms with E-state index in [0.717, 1.165) is 6.42 Å². The molecule has 0 aliphatic carbocycles. The Kier molecular flexibility index (Phi) is 23.1. The van der Waals surface area contributed by atoms with Crippen LogP contribution < -0.4 is 0 Å². The highest BCUT2D eigenvalue weighted by atomic mass is 16.2. The van der Waals surface area contributed by atoms with Crippen LogP contribution in [0.3, 0.4) is 0 Å². The lowest BCUT2D eigenvalue weighted by Crippen LogP contribution is -1.84. The van der Waals surface area contributed by atoms with E-state index in [2.05, 4.69) is 6.92 Å². The molecule has 25 heavy (non-hydrogen) atoms. The van der Waals surface area contributed by atoms with Crippen molar-refractivity contribution in [1.29, 1.82) is 0 Å². The summed E-state index contributed by atoms with van der Waals surface area (Å²) in [5.74, 6) is 0. The lowest BCUT2D eigenvalue weighted by Gasteiger charge is -2.04. The Morgan fingerprint density at radius 3 is 1.00 bits per heavy atom. The monoisotopic (exact) mass is 352 g/mol. The molecule has 0 spiro atoms. The zero-order chi connectivity index (χ0) is 18.3. The predicted octanol–water partition coefficient (Wildman–Crippen LogP) is 9.27. The van der Waals surface area contributed by atoms with Gasteiger partial charge in [0, 0.05) is 0 Å². The Balaban J connectivity index is 2.96. The highest BCUT2D eigenvalue weighted by molar-refractivity contribution is 4.70. The van der Waals surface area contributed by atoms with E-state index in [9.17, 15) is 0 Å². The Hall–Kier alpha value is -0.460. The fourth-order valence-electron chi connectivity index (χ4n) is 3.59. The van der Waals surface area contributed by atoms with Gasteiger partial charge in [-0.2, -0.15) is 0 Å². The normalized spacial score (nSPS) is 11.6. The molecule has 0 aromatic carbocycles. The van der Waals surface area contributed by atoms with Gasteiger partial charge in [-0.1, -0.05) is 135 Å². The number of hydrogen-bond donors (Lipinski definition) is 1. The van der Waals surface area contributed by atoms with Gasteiger partial charge in [-0.25, -0.2) is 0 Å². The summed E-state index contributed by atoms with van der Waals surface area (Å²) in [6, 6.07) is 0. The third kappa shape index (κ3) is 23.5. The molecule has 0 bridgehead atoms. The first-order chi connectivity index (χ1) is 12.4. The van der Waals surface area contributed by atoms with Crippen LogP contribution >= 0.6 is 0 Å². The molecule has 0 aromatic rings. The van der Waals surface area contributed by atoms with Gasteiger partial charge in [0.1, 0.15) is 0 Å². The van der Waals surface area contributed by atoms with Crippen LogP contribution in [0.1, 0.15) is 142 Å². The van der Waals surface area contributed by atoms with E-state index in [1.54, 1.807) is 0 Å². The van der Waals surface area contributed by atoms with Gasteiger partial charge in [-0.15, -0.1) is 0 Å². The van der Waals surface area contributed by atoms with Crippen molar-refractivity contribution < 1.29 is 5.11 Å². The summed E-state index contributed by atoms with van der Waals surface area (Å²) in [4.78, 5) is 0. The maximum atomic E-state index is 8.54. The largest absolute Gasteiger partial charge is 0.516 e. The fourth-order valence-corrected chi connectivity index (χ4v) is 3.59. The topological polar surface area (TPSA) is 20.2 Å². The van der Waals surface area contributed by atoms with Gasteiger partial charge >= 0.3 is 0 Å². The summed E-state index contributed by atoms with van der Waals surface area (Å²) in [6.07, 6.45) is 32.7. The van der Waals surface area contributed by atoms with Gasteiger partial charge in [-0.05, 0) is 12.8 Å². The molecule has 0 aliphatic rings. The minimum Gasteiger partial charge on any atom is -0.516 e. The highest BCUT2D eigenvalue weighted by Gasteiger charge is 1.95. The maximum Gasteiger partial charge on any atom is 0.0751 e. The van der Waals surface area contributed by atoms with E-state index in [4.69, 9.17) is 5.11 Å². The number of rotatable bonds is 21. The van der Waals surface area contributed by atoms with Crippen molar-refractivity contribution in [3.8, 4) is 0 Å². The molecule has 0 rings (SSSR count). The Bertz CT molecular complexity index is 246. The quantitative estimate of drug-likeness (QED) is 0.161. The van der Waals surface area contributed by atoms with Crippen molar-refractivity contribution in [1.82, 2.24) is 0 Å². The predicted molar refractivity (Wildman–Crippen MR) is 114 cm³/mol. The lowest BCUT2D eigenvalue weighted by molar-refractivity contribution is 0.469. The van der Waals surface area contributed by atoms with E-state index < -0.39 is 0 Å². The average molecular weight is 353 g/mol. The number of hydrogen-bond acceptors (Lipinski definition) is 1. The minimum atomic E-state index is 1.04. The van der Waals surface area contributed by atoms with Crippen LogP contribution in [0.4, 0.5) is 0 Å². The molecule has 0 saturated carbocycles. The second-order valence-electron chi connectivity index (χ2n) is 7.89. The van der Waals surface area contributed by atoms with Gasteiger partial charge in [0.05, 0.1) is 6.26 Å². The van der Waals surface area contributed by atoms with Crippen LogP contribution in [-0.2, 0) is 0 Å². The fraction of sp³-hybridized carbons (Fsp3) is 0.917. The first-order valence-corrected chi connectivity index (χ1v) is 11.7. The Labute approximate surface area is 159 Å². The molecule has 150 valence electrons. The van der Waals surface area contributed by atoms with Crippen LogP contribution in [0.2, 0.25) is 0 Å². The molecule has 0 aromatic heterocycles. The van der Waals surface area contributed by atoms with Crippen molar-refractivity contribution in [2.75, 3.05) is 0 Å². The van der Waals surface area contributed by atoms with E-state index in [0.29, 0.717) is 0 Å². The molecule has 1 nitrogen and oxygen atoms in total. The van der Waals surface area contributed by atoms with E-state index in [1.165, 1.54) is 135 Å². The van der Waals surface area contributed by atoms with Gasteiger partial charge in [0.25, 0.3) is 0 Å². The molecule has 0 atom stereocenters. The number of aliphatic hydroxyl groups excluding tert-OH is 1. The standard InChI is InChI=1S/C24H48O/c1-2-3-4-5-6-7-8-9-10-11-12-13-14-15-16-17-18-19-20-21-22-23-24-25/h23-25H,2-22H2,1H3/b24-23+. The number of allylic oxidation sites excluding steroid dienone is 1. The zero-order valence-corrected chi connectivity index (χ0v) is 17.5. The van der Waals surface area contributed by atoms with Gasteiger partial charge in [0.2, 0.25) is 0 Å². The first kappa shape index (κ1) is 24.5. The Morgan fingerprint density at radius 2 is 0.720 bits per heavy atom. The van der Waals surface area contributed by atoms with Crippen LogP contribution in [0.25, 0.3) is 0 Å². The molecule has 0 aliphatic heterocycles. The first-order valence-electron chi connectivity index (χ1n) is 11.7. The van der Waals surface area contributed by atoms with Crippen LogP contribution in [0.5, 0.6) is 0 Å². The molecule has 0 saturated heterocycles. The molecular weight excluding hydrogens is 304 g/mol. The van der Waals surface area contributed by atoms with E-state index in [-0.39, 0.29) is 0 Å². The molecule has 0 radical (unpaired) electrons. The summed E-state index contributed by atoms with van der Waals surface area (Å²) >= 11 is 0. The van der Waals surface area contributed by atoms with Crippen molar-refractivity contribution in [3.63, 3.8) is 0 Å². The van der Waals surface area contributed by atoms with Crippen LogP contribution in [0, 0.1) is 0 Å². The molecule has 0 heterocycles. The SMILES string of the molecule is CCCCCCCCCCCCCCCCCCCCCC/C=C/O. The zero-order valence-electron chi connectivity index (χ0n) is 17.5. The summed E-state index contributed by atoms with van der Waals surface area (Å²) in [7, 11) is 0. The Morgan fingerprint density at radius 1 is 0.440 bits per heavy atom. The number of unbranched alkanes of at least 4 members (excludes halogenated alkanes) is 20. The van der Waals surface area contributed by atoms with Crippen LogP contribution in [0.15, 0.2) is 12.3 Å². The average Bonchev–Trinajstić information content (AvgIpc) is 2.63. The minimum absolute atomic E-state index is 1.04. The van der Waals surface area contributed by atoms with Gasteiger partial charge in [0.15, 0.2) is 0 Å². The molecule has 1 N–H and O–H groups in total. The lowest BCUT2D eigenvalue weighted by atomic mass is 10.0. The van der Waals surface area contributed by atoms with Crippen LogP contribution in [-0.4, -0.2) is 5.11 Å². The maximum absolute atomic E-state index is 8.54. The molecule has 0 amide bonds. The second-order valence-corrected chi connectivity index (χ2v) is 7.89. The number of aliphatic hydroxyl groups is 1. The molecule has 0 fully saturated rings. The van der Waals surface area contributed by atoms with Crippen molar-refractivity contribution in [3.05, 3.63) is 12.3 Å². The molecule has 0 unspecified atom stereocenters. The summed E-state index contributed by atoms with van der Waals surface area (Å²) in [6.45, 7) is 2.29. The third-order valence-corrected chi connectivity index (χ3v) is 5.33. The van der Waals surface area contributed by atoms with Gasteiger partial charge < -0.3 is 5.11 Å². The second kappa shape index (κ2) is 23.5. The smallest absolute Gasteiger partial charge is 0.0751 e. The molecule has 1 heteroatoms. The van der Waals surface area contributed by atoms with Crippen molar-refractivity contribution in [2.45, 2.75) is 142 Å². The summed E-state index contributed by atoms with van der Waals surface area (Å²) < 4.78 is 0.